The lowest BCUT2D eigenvalue weighted by Crippen LogP contribution is -2.40. The number of aliphatic hydroxyl groups excluding tert-OH is 1. The molecule has 1 aromatic carbocycles. The van der Waals surface area contributed by atoms with E-state index in [0.717, 1.165) is 6.42 Å². The standard InChI is InChI=1S/C13H19BrN2O3S/c1-8-3-4-16(12(8)7-17)20(18,19)13-6-11(15)10(14)5-9(13)2/h5-6,8,12,17H,3-4,7,15H2,1-2H3. The normalized spacial score (nSPS) is 24.2. The molecule has 1 fully saturated rings. The van der Waals surface area contributed by atoms with E-state index in [1.807, 2.05) is 6.92 Å². The highest BCUT2D eigenvalue weighted by atomic mass is 79.9. The van der Waals surface area contributed by atoms with Gasteiger partial charge in [-0.05, 0) is 52.9 Å². The number of nitrogens with zero attached hydrogens (tertiary/aromatic N) is 1. The minimum atomic E-state index is -3.63. The maximum Gasteiger partial charge on any atom is 0.243 e. The zero-order valence-electron chi connectivity index (χ0n) is 11.5. The van der Waals surface area contributed by atoms with Crippen molar-refractivity contribution >= 4 is 31.6 Å². The number of halogens is 1. The van der Waals surface area contributed by atoms with Gasteiger partial charge in [-0.25, -0.2) is 8.42 Å². The summed E-state index contributed by atoms with van der Waals surface area (Å²) in [5.74, 6) is 0.155. The summed E-state index contributed by atoms with van der Waals surface area (Å²) in [6.45, 7) is 3.97. The first-order valence-corrected chi connectivity index (χ1v) is 8.70. The quantitative estimate of drug-likeness (QED) is 0.802. The molecule has 0 aliphatic carbocycles. The predicted octanol–water partition coefficient (Wildman–Crippen LogP) is 1.73. The number of benzene rings is 1. The van der Waals surface area contributed by atoms with Gasteiger partial charge < -0.3 is 10.8 Å². The van der Waals surface area contributed by atoms with Crippen LogP contribution in [0.3, 0.4) is 0 Å². The van der Waals surface area contributed by atoms with Crippen molar-refractivity contribution in [2.75, 3.05) is 18.9 Å². The van der Waals surface area contributed by atoms with E-state index in [1.165, 1.54) is 10.4 Å². The van der Waals surface area contributed by atoms with Crippen molar-refractivity contribution in [3.8, 4) is 0 Å². The highest BCUT2D eigenvalue weighted by Crippen LogP contribution is 2.33. The topological polar surface area (TPSA) is 83.6 Å². The number of rotatable bonds is 3. The Morgan fingerprint density at radius 3 is 2.75 bits per heavy atom. The number of nitrogen functional groups attached to an aromatic ring is 1. The molecule has 0 spiro atoms. The van der Waals surface area contributed by atoms with Crippen LogP contribution in [0.2, 0.25) is 0 Å². The molecule has 1 aliphatic heterocycles. The zero-order valence-corrected chi connectivity index (χ0v) is 13.9. The van der Waals surface area contributed by atoms with Crippen LogP contribution in [-0.4, -0.2) is 37.0 Å². The van der Waals surface area contributed by atoms with Gasteiger partial charge in [-0.15, -0.1) is 0 Å². The smallest absolute Gasteiger partial charge is 0.243 e. The van der Waals surface area contributed by atoms with Gasteiger partial charge >= 0.3 is 0 Å². The van der Waals surface area contributed by atoms with Gasteiger partial charge in [0, 0.05) is 16.7 Å². The summed E-state index contributed by atoms with van der Waals surface area (Å²) >= 11 is 3.29. The van der Waals surface area contributed by atoms with Crippen LogP contribution in [0.15, 0.2) is 21.5 Å². The van der Waals surface area contributed by atoms with E-state index in [-0.39, 0.29) is 23.5 Å². The Labute approximate surface area is 128 Å². The van der Waals surface area contributed by atoms with Crippen molar-refractivity contribution < 1.29 is 13.5 Å². The van der Waals surface area contributed by atoms with Crippen LogP contribution >= 0.6 is 15.9 Å². The summed E-state index contributed by atoms with van der Waals surface area (Å²) in [4.78, 5) is 0.214. The molecule has 0 saturated carbocycles. The van der Waals surface area contributed by atoms with E-state index in [1.54, 1.807) is 13.0 Å². The zero-order chi connectivity index (χ0) is 15.1. The van der Waals surface area contributed by atoms with Gasteiger partial charge in [0.15, 0.2) is 0 Å². The van der Waals surface area contributed by atoms with Crippen LogP contribution in [0.4, 0.5) is 5.69 Å². The van der Waals surface area contributed by atoms with Gasteiger partial charge in [0.05, 0.1) is 17.5 Å². The fraction of sp³-hybridized carbons (Fsp3) is 0.538. The first-order chi connectivity index (χ1) is 9.28. The Bertz CT molecular complexity index is 618. The Balaban J connectivity index is 2.48. The van der Waals surface area contributed by atoms with Gasteiger partial charge in [0.2, 0.25) is 10.0 Å². The summed E-state index contributed by atoms with van der Waals surface area (Å²) in [6.07, 6.45) is 0.759. The average Bonchev–Trinajstić information content (AvgIpc) is 2.75. The van der Waals surface area contributed by atoms with Crippen molar-refractivity contribution in [1.82, 2.24) is 4.31 Å². The highest BCUT2D eigenvalue weighted by molar-refractivity contribution is 9.10. The number of aryl methyl sites for hydroxylation is 1. The number of anilines is 1. The van der Waals surface area contributed by atoms with Crippen molar-refractivity contribution in [2.24, 2.45) is 5.92 Å². The molecule has 0 amide bonds. The lowest BCUT2D eigenvalue weighted by Gasteiger charge is -2.25. The first kappa shape index (κ1) is 15.8. The Morgan fingerprint density at radius 2 is 2.15 bits per heavy atom. The van der Waals surface area contributed by atoms with Crippen LogP contribution in [0.25, 0.3) is 0 Å². The molecule has 1 aromatic rings. The highest BCUT2D eigenvalue weighted by Gasteiger charge is 2.39. The molecule has 2 atom stereocenters. The molecule has 3 N–H and O–H groups in total. The van der Waals surface area contributed by atoms with E-state index in [2.05, 4.69) is 15.9 Å². The van der Waals surface area contributed by atoms with Gasteiger partial charge in [0.1, 0.15) is 0 Å². The third kappa shape index (κ3) is 2.59. The molecule has 2 unspecified atom stereocenters. The van der Waals surface area contributed by atoms with E-state index >= 15 is 0 Å². The average molecular weight is 363 g/mol. The van der Waals surface area contributed by atoms with Crippen LogP contribution in [0, 0.1) is 12.8 Å². The maximum absolute atomic E-state index is 12.8. The van der Waals surface area contributed by atoms with Crippen molar-refractivity contribution in [3.05, 3.63) is 22.2 Å². The van der Waals surface area contributed by atoms with Crippen molar-refractivity contribution in [2.45, 2.75) is 31.2 Å². The second-order valence-electron chi connectivity index (χ2n) is 5.27. The van der Waals surface area contributed by atoms with Gasteiger partial charge in [-0.2, -0.15) is 4.31 Å². The molecule has 20 heavy (non-hydrogen) atoms. The van der Waals surface area contributed by atoms with Crippen LogP contribution in [-0.2, 0) is 10.0 Å². The molecule has 1 saturated heterocycles. The molecule has 7 heteroatoms. The van der Waals surface area contributed by atoms with E-state index in [4.69, 9.17) is 5.73 Å². The van der Waals surface area contributed by atoms with Gasteiger partial charge in [0.25, 0.3) is 0 Å². The van der Waals surface area contributed by atoms with Crippen LogP contribution in [0.5, 0.6) is 0 Å². The molecule has 112 valence electrons. The van der Waals surface area contributed by atoms with Crippen LogP contribution < -0.4 is 5.73 Å². The monoisotopic (exact) mass is 362 g/mol. The number of aliphatic hydroxyl groups is 1. The molecule has 0 radical (unpaired) electrons. The third-order valence-electron chi connectivity index (χ3n) is 3.90. The number of sulfonamides is 1. The van der Waals surface area contributed by atoms with Gasteiger partial charge in [-0.1, -0.05) is 6.92 Å². The van der Waals surface area contributed by atoms with Crippen molar-refractivity contribution in [1.29, 1.82) is 0 Å². The molecular formula is C13H19BrN2O3S. The number of hydrogen-bond acceptors (Lipinski definition) is 4. The largest absolute Gasteiger partial charge is 0.398 e. The Morgan fingerprint density at radius 1 is 1.50 bits per heavy atom. The SMILES string of the molecule is Cc1cc(Br)c(N)cc1S(=O)(=O)N1CCC(C)C1CO. The molecule has 2 rings (SSSR count). The molecule has 0 aromatic heterocycles. The minimum absolute atomic E-state index is 0.155. The second kappa shape index (κ2) is 5.63. The Kier molecular flexibility index (Phi) is 4.44. The lowest BCUT2D eigenvalue weighted by atomic mass is 10.0. The maximum atomic E-state index is 12.8. The lowest BCUT2D eigenvalue weighted by molar-refractivity contribution is 0.191. The summed E-state index contributed by atoms with van der Waals surface area (Å²) in [5.41, 5.74) is 6.83. The number of nitrogens with two attached hydrogens (primary N) is 1. The molecule has 1 aliphatic rings. The molecule has 5 nitrogen and oxygen atoms in total. The summed E-state index contributed by atoms with van der Waals surface area (Å²) < 4.78 is 27.6. The van der Waals surface area contributed by atoms with Crippen LogP contribution in [0.1, 0.15) is 18.9 Å². The summed E-state index contributed by atoms with van der Waals surface area (Å²) in [7, 11) is -3.63. The van der Waals surface area contributed by atoms with E-state index < -0.39 is 10.0 Å². The molecule has 1 heterocycles. The second-order valence-corrected chi connectivity index (χ2v) is 7.98. The molecular weight excluding hydrogens is 344 g/mol. The predicted molar refractivity (Wildman–Crippen MR) is 81.8 cm³/mol. The molecule has 0 bridgehead atoms. The van der Waals surface area contributed by atoms with Crippen molar-refractivity contribution in [3.63, 3.8) is 0 Å². The fourth-order valence-corrected chi connectivity index (χ4v) is 5.04. The summed E-state index contributed by atoms with van der Waals surface area (Å²) in [6, 6.07) is 2.83. The summed E-state index contributed by atoms with van der Waals surface area (Å²) in [5, 5.41) is 9.45. The van der Waals surface area contributed by atoms with E-state index in [9.17, 15) is 13.5 Å². The fourth-order valence-electron chi connectivity index (χ4n) is 2.62. The minimum Gasteiger partial charge on any atom is -0.398 e. The Hall–Kier alpha value is -0.630. The number of hydrogen-bond donors (Lipinski definition) is 2. The van der Waals surface area contributed by atoms with E-state index in [0.29, 0.717) is 22.3 Å². The third-order valence-corrected chi connectivity index (χ3v) is 6.65. The van der Waals surface area contributed by atoms with Gasteiger partial charge in [-0.3, -0.25) is 0 Å². The first-order valence-electron chi connectivity index (χ1n) is 6.47.